The Kier molecular flexibility index (Phi) is 3.67. The summed E-state index contributed by atoms with van der Waals surface area (Å²) in [6.07, 6.45) is 2.96. The van der Waals surface area contributed by atoms with Gasteiger partial charge in [0.15, 0.2) is 0 Å². The number of aliphatic carboxylic acids is 1. The first-order valence-corrected chi connectivity index (χ1v) is 6.10. The Hall–Kier alpha value is -1.81. The number of H-pyrrole nitrogens is 1. The summed E-state index contributed by atoms with van der Waals surface area (Å²) in [6.45, 7) is 2.82. The third-order valence-electron chi connectivity index (χ3n) is 3.11. The van der Waals surface area contributed by atoms with Crippen LogP contribution in [0.25, 0.3) is 10.9 Å². The fraction of sp³-hybridized carbons (Fsp3) is 0.357. The Morgan fingerprint density at radius 1 is 1.39 bits per heavy atom. The van der Waals surface area contributed by atoms with E-state index in [9.17, 15) is 4.79 Å². The number of hydrogen-bond donors (Lipinski definition) is 2. The van der Waals surface area contributed by atoms with E-state index in [2.05, 4.69) is 30.1 Å². The highest BCUT2D eigenvalue weighted by atomic mass is 16.4. The van der Waals surface area contributed by atoms with Gasteiger partial charge in [-0.15, -0.1) is 0 Å². The molecule has 0 saturated carbocycles. The standard InChI is InChI=1S/C14H18N2O2/c1-3-10-5-4-6-12-11(7-15-14(10)12)8-16(2)9-13(17)18/h4-7,15H,3,8-9H2,1-2H3,(H,17,18). The summed E-state index contributed by atoms with van der Waals surface area (Å²) in [4.78, 5) is 15.7. The summed E-state index contributed by atoms with van der Waals surface area (Å²) in [5.74, 6) is -0.799. The molecule has 2 aromatic rings. The third kappa shape index (κ3) is 2.54. The zero-order valence-corrected chi connectivity index (χ0v) is 10.7. The number of aromatic nitrogens is 1. The first kappa shape index (κ1) is 12.6. The van der Waals surface area contributed by atoms with E-state index in [-0.39, 0.29) is 6.54 Å². The van der Waals surface area contributed by atoms with E-state index < -0.39 is 5.97 Å². The van der Waals surface area contributed by atoms with E-state index >= 15 is 0 Å². The number of nitrogens with one attached hydrogen (secondary N) is 1. The van der Waals surface area contributed by atoms with Crippen LogP contribution in [0.1, 0.15) is 18.1 Å². The highest BCUT2D eigenvalue weighted by Gasteiger charge is 2.10. The van der Waals surface area contributed by atoms with Gasteiger partial charge in [0, 0.05) is 23.6 Å². The van der Waals surface area contributed by atoms with Crippen LogP contribution >= 0.6 is 0 Å². The van der Waals surface area contributed by atoms with Crippen LogP contribution in [0.5, 0.6) is 0 Å². The van der Waals surface area contributed by atoms with Gasteiger partial charge in [-0.05, 0) is 24.6 Å². The minimum Gasteiger partial charge on any atom is -0.480 e. The molecular formula is C14H18N2O2. The van der Waals surface area contributed by atoms with Gasteiger partial charge in [-0.3, -0.25) is 9.69 Å². The van der Waals surface area contributed by atoms with Crippen molar-refractivity contribution in [2.24, 2.45) is 0 Å². The van der Waals surface area contributed by atoms with Gasteiger partial charge in [0.2, 0.25) is 0 Å². The van der Waals surface area contributed by atoms with Crippen molar-refractivity contribution < 1.29 is 9.90 Å². The second-order valence-electron chi connectivity index (χ2n) is 4.57. The van der Waals surface area contributed by atoms with Gasteiger partial charge >= 0.3 is 5.97 Å². The third-order valence-corrected chi connectivity index (χ3v) is 3.11. The quantitative estimate of drug-likeness (QED) is 0.850. The lowest BCUT2D eigenvalue weighted by molar-refractivity contribution is -0.138. The molecule has 0 aliphatic rings. The summed E-state index contributed by atoms with van der Waals surface area (Å²) in [5.41, 5.74) is 3.60. The lowest BCUT2D eigenvalue weighted by atomic mass is 10.1. The highest BCUT2D eigenvalue weighted by Crippen LogP contribution is 2.22. The normalized spacial score (nSPS) is 11.3. The highest BCUT2D eigenvalue weighted by molar-refractivity contribution is 5.86. The molecule has 0 unspecified atom stereocenters. The number of benzene rings is 1. The molecule has 4 heteroatoms. The van der Waals surface area contributed by atoms with E-state index in [1.165, 1.54) is 16.5 Å². The molecule has 1 aromatic heterocycles. The molecule has 0 fully saturated rings. The van der Waals surface area contributed by atoms with Crippen LogP contribution < -0.4 is 0 Å². The van der Waals surface area contributed by atoms with Gasteiger partial charge in [0.1, 0.15) is 0 Å². The van der Waals surface area contributed by atoms with E-state index in [1.807, 2.05) is 13.2 Å². The molecule has 0 spiro atoms. The molecule has 1 aromatic carbocycles. The van der Waals surface area contributed by atoms with Gasteiger partial charge in [-0.1, -0.05) is 25.1 Å². The van der Waals surface area contributed by atoms with Crippen molar-refractivity contribution in [3.63, 3.8) is 0 Å². The molecule has 18 heavy (non-hydrogen) atoms. The number of carbonyl (C=O) groups is 1. The Balaban J connectivity index is 2.27. The van der Waals surface area contributed by atoms with Crippen molar-refractivity contribution in [1.82, 2.24) is 9.88 Å². The molecule has 0 radical (unpaired) electrons. The number of rotatable bonds is 5. The Bertz CT molecular complexity index is 560. The van der Waals surface area contributed by atoms with Crippen LogP contribution in [0, 0.1) is 0 Å². The predicted octanol–water partition coefficient (Wildman–Crippen LogP) is 2.25. The fourth-order valence-corrected chi connectivity index (χ4v) is 2.28. The summed E-state index contributed by atoms with van der Waals surface area (Å²) in [6, 6.07) is 6.24. The molecule has 0 amide bonds. The van der Waals surface area contributed by atoms with Crippen molar-refractivity contribution in [3.05, 3.63) is 35.5 Å². The van der Waals surface area contributed by atoms with Crippen LogP contribution in [0.15, 0.2) is 24.4 Å². The van der Waals surface area contributed by atoms with E-state index in [0.717, 1.165) is 12.0 Å². The van der Waals surface area contributed by atoms with Gasteiger partial charge in [0.05, 0.1) is 6.54 Å². The van der Waals surface area contributed by atoms with Crippen molar-refractivity contribution >= 4 is 16.9 Å². The number of aryl methyl sites for hydroxylation is 1. The van der Waals surface area contributed by atoms with Gasteiger partial charge in [-0.2, -0.15) is 0 Å². The zero-order chi connectivity index (χ0) is 13.1. The number of carboxylic acids is 1. The van der Waals surface area contributed by atoms with E-state index in [4.69, 9.17) is 5.11 Å². The molecule has 2 N–H and O–H groups in total. The summed E-state index contributed by atoms with van der Waals surface area (Å²) in [5, 5.41) is 9.95. The predicted molar refractivity (Wildman–Crippen MR) is 71.6 cm³/mol. The molecule has 1 heterocycles. The van der Waals surface area contributed by atoms with Crippen LogP contribution in [0.4, 0.5) is 0 Å². The van der Waals surface area contributed by atoms with Crippen LogP contribution in [-0.2, 0) is 17.8 Å². The smallest absolute Gasteiger partial charge is 0.317 e. The maximum atomic E-state index is 10.7. The molecule has 0 atom stereocenters. The Morgan fingerprint density at radius 3 is 2.83 bits per heavy atom. The number of aromatic amines is 1. The number of fused-ring (bicyclic) bond motifs is 1. The molecule has 2 rings (SSSR count). The molecule has 4 nitrogen and oxygen atoms in total. The molecule has 0 bridgehead atoms. The monoisotopic (exact) mass is 246 g/mol. The fourth-order valence-electron chi connectivity index (χ4n) is 2.28. The largest absolute Gasteiger partial charge is 0.480 e. The Morgan fingerprint density at radius 2 is 2.17 bits per heavy atom. The topological polar surface area (TPSA) is 56.3 Å². The van der Waals surface area contributed by atoms with Gasteiger partial charge in [0.25, 0.3) is 0 Å². The molecule has 0 aliphatic carbocycles. The van der Waals surface area contributed by atoms with E-state index in [1.54, 1.807) is 4.90 Å². The lowest BCUT2D eigenvalue weighted by Gasteiger charge is -2.13. The maximum absolute atomic E-state index is 10.7. The Labute approximate surface area is 106 Å². The second-order valence-corrected chi connectivity index (χ2v) is 4.57. The van der Waals surface area contributed by atoms with Crippen LogP contribution in [0.2, 0.25) is 0 Å². The van der Waals surface area contributed by atoms with Crippen molar-refractivity contribution in [2.75, 3.05) is 13.6 Å². The molecular weight excluding hydrogens is 228 g/mol. The summed E-state index contributed by atoms with van der Waals surface area (Å²) in [7, 11) is 1.82. The van der Waals surface area contributed by atoms with E-state index in [0.29, 0.717) is 6.54 Å². The average molecular weight is 246 g/mol. The number of nitrogens with zero attached hydrogens (tertiary/aromatic N) is 1. The first-order chi connectivity index (χ1) is 8.61. The van der Waals surface area contributed by atoms with Crippen molar-refractivity contribution in [2.45, 2.75) is 19.9 Å². The van der Waals surface area contributed by atoms with Crippen LogP contribution in [0.3, 0.4) is 0 Å². The van der Waals surface area contributed by atoms with Crippen LogP contribution in [-0.4, -0.2) is 34.6 Å². The van der Waals surface area contributed by atoms with Crippen molar-refractivity contribution in [3.8, 4) is 0 Å². The maximum Gasteiger partial charge on any atom is 0.317 e. The second kappa shape index (κ2) is 5.23. The number of likely N-dealkylation sites (N-methyl/N-ethyl adjacent to an activating group) is 1. The average Bonchev–Trinajstić information content (AvgIpc) is 2.71. The number of hydrogen-bond acceptors (Lipinski definition) is 2. The number of carboxylic acid groups (broad SMARTS) is 1. The minimum atomic E-state index is -0.799. The molecule has 0 aliphatic heterocycles. The molecule has 0 saturated heterocycles. The van der Waals surface area contributed by atoms with Gasteiger partial charge < -0.3 is 10.1 Å². The zero-order valence-electron chi connectivity index (χ0n) is 10.7. The summed E-state index contributed by atoms with van der Waals surface area (Å²) >= 11 is 0. The minimum absolute atomic E-state index is 0.0557. The van der Waals surface area contributed by atoms with Gasteiger partial charge in [-0.25, -0.2) is 0 Å². The number of para-hydroxylation sites is 1. The SMILES string of the molecule is CCc1cccc2c(CN(C)CC(=O)O)c[nH]c12. The molecule has 96 valence electrons. The van der Waals surface area contributed by atoms with Crippen molar-refractivity contribution in [1.29, 1.82) is 0 Å². The summed E-state index contributed by atoms with van der Waals surface area (Å²) < 4.78 is 0. The lowest BCUT2D eigenvalue weighted by Crippen LogP contribution is -2.24. The first-order valence-electron chi connectivity index (χ1n) is 6.10.